The van der Waals surface area contributed by atoms with E-state index in [1.54, 1.807) is 0 Å². The topological polar surface area (TPSA) is 62.1 Å². The first-order valence-corrected chi connectivity index (χ1v) is 7.58. The smallest absolute Gasteiger partial charge is 0.223 e. The normalized spacial score (nSPS) is 27.0. The second kappa shape index (κ2) is 6.91. The Morgan fingerprint density at radius 3 is 2.47 bits per heavy atom. The first kappa shape index (κ1) is 14.3. The van der Waals surface area contributed by atoms with Crippen LogP contribution in [0.3, 0.4) is 0 Å². The van der Waals surface area contributed by atoms with Gasteiger partial charge in [-0.25, -0.2) is 0 Å². The van der Waals surface area contributed by atoms with Crippen LogP contribution in [0.4, 0.5) is 0 Å². The van der Waals surface area contributed by atoms with Gasteiger partial charge in [0.25, 0.3) is 0 Å². The van der Waals surface area contributed by atoms with Crippen LogP contribution in [0, 0.1) is 11.3 Å². The van der Waals surface area contributed by atoms with Gasteiger partial charge in [-0.15, -0.1) is 0 Å². The number of ether oxygens (including phenoxy) is 1. The predicted octanol–water partition coefficient (Wildman–Crippen LogP) is 2.68. The zero-order chi connectivity index (χ0) is 13.6. The van der Waals surface area contributed by atoms with Gasteiger partial charge in [-0.2, -0.15) is 5.26 Å². The summed E-state index contributed by atoms with van der Waals surface area (Å²) in [6, 6.07) is 2.37. The molecule has 0 aromatic rings. The van der Waals surface area contributed by atoms with E-state index in [4.69, 9.17) is 4.74 Å². The Morgan fingerprint density at radius 2 is 1.89 bits per heavy atom. The quantitative estimate of drug-likeness (QED) is 0.852. The highest BCUT2D eigenvalue weighted by Crippen LogP contribution is 2.26. The Labute approximate surface area is 115 Å². The van der Waals surface area contributed by atoms with Gasteiger partial charge in [0.15, 0.2) is 0 Å². The molecule has 2 aliphatic rings. The summed E-state index contributed by atoms with van der Waals surface area (Å²) in [5, 5.41) is 12.5. The third-order valence-corrected chi connectivity index (χ3v) is 4.24. The average Bonchev–Trinajstić information content (AvgIpc) is 2.85. The molecule has 106 valence electrons. The highest BCUT2D eigenvalue weighted by atomic mass is 16.5. The van der Waals surface area contributed by atoms with Crippen molar-refractivity contribution in [3.63, 3.8) is 0 Å². The fourth-order valence-corrected chi connectivity index (χ4v) is 3.10. The molecule has 1 atom stereocenters. The predicted molar refractivity (Wildman–Crippen MR) is 72.4 cm³/mol. The zero-order valence-electron chi connectivity index (χ0n) is 11.6. The third-order valence-electron chi connectivity index (χ3n) is 4.24. The molecule has 1 aliphatic heterocycles. The van der Waals surface area contributed by atoms with Crippen molar-refractivity contribution >= 4 is 5.91 Å². The van der Waals surface area contributed by atoms with E-state index >= 15 is 0 Å². The monoisotopic (exact) mass is 264 g/mol. The zero-order valence-corrected chi connectivity index (χ0v) is 11.6. The van der Waals surface area contributed by atoms with Gasteiger partial charge in [-0.3, -0.25) is 4.79 Å². The van der Waals surface area contributed by atoms with E-state index in [1.165, 1.54) is 19.3 Å². The van der Waals surface area contributed by atoms with E-state index in [0.717, 1.165) is 45.1 Å². The highest BCUT2D eigenvalue weighted by Gasteiger charge is 2.32. The van der Waals surface area contributed by atoms with Crippen LogP contribution in [0.2, 0.25) is 0 Å². The minimum absolute atomic E-state index is 0.0194. The van der Waals surface area contributed by atoms with Crippen LogP contribution in [0.1, 0.15) is 64.2 Å². The second-order valence-electron chi connectivity index (χ2n) is 5.85. The van der Waals surface area contributed by atoms with Crippen molar-refractivity contribution in [2.45, 2.75) is 75.9 Å². The Bertz CT molecular complexity index is 335. The minimum atomic E-state index is -0.629. The van der Waals surface area contributed by atoms with Gasteiger partial charge in [0, 0.05) is 6.61 Å². The fraction of sp³-hybridized carbons (Fsp3) is 0.867. The molecule has 0 aromatic heterocycles. The summed E-state index contributed by atoms with van der Waals surface area (Å²) in [5.74, 6) is -0.0194. The van der Waals surface area contributed by atoms with Gasteiger partial charge in [-0.1, -0.05) is 32.1 Å². The number of rotatable bonds is 3. The van der Waals surface area contributed by atoms with E-state index < -0.39 is 5.54 Å². The first-order chi connectivity index (χ1) is 9.24. The molecule has 0 aromatic carbocycles. The van der Waals surface area contributed by atoms with Gasteiger partial charge in [0.05, 0.1) is 18.6 Å². The van der Waals surface area contributed by atoms with Crippen molar-refractivity contribution in [3.05, 3.63) is 0 Å². The Morgan fingerprint density at radius 1 is 1.21 bits per heavy atom. The Balaban J connectivity index is 1.88. The molecule has 1 unspecified atom stereocenters. The Kier molecular flexibility index (Phi) is 5.21. The standard InChI is InChI=1S/C15H24N2O2/c16-12-15(8-4-2-1-3-5-9-15)17-14(18)11-13-7-6-10-19-13/h13H,1-11H2,(H,17,18). The first-order valence-electron chi connectivity index (χ1n) is 7.58. The molecule has 1 heterocycles. The van der Waals surface area contributed by atoms with Crippen LogP contribution in [0.25, 0.3) is 0 Å². The van der Waals surface area contributed by atoms with Crippen LogP contribution in [0.5, 0.6) is 0 Å². The minimum Gasteiger partial charge on any atom is -0.378 e. The molecular formula is C15H24N2O2. The molecule has 1 amide bonds. The molecule has 0 bridgehead atoms. The molecule has 0 radical (unpaired) electrons. The van der Waals surface area contributed by atoms with Gasteiger partial charge in [0.1, 0.15) is 5.54 Å². The molecule has 1 aliphatic carbocycles. The van der Waals surface area contributed by atoms with Crippen LogP contribution < -0.4 is 5.32 Å². The van der Waals surface area contributed by atoms with Crippen molar-refractivity contribution in [3.8, 4) is 6.07 Å². The number of amides is 1. The summed E-state index contributed by atoms with van der Waals surface area (Å²) in [6.07, 6.45) is 9.73. The summed E-state index contributed by atoms with van der Waals surface area (Å²) >= 11 is 0. The molecule has 0 spiro atoms. The molecule has 2 rings (SSSR count). The second-order valence-corrected chi connectivity index (χ2v) is 5.85. The lowest BCUT2D eigenvalue weighted by molar-refractivity contribution is -0.124. The van der Waals surface area contributed by atoms with Crippen molar-refractivity contribution in [2.24, 2.45) is 0 Å². The third kappa shape index (κ3) is 4.21. The Hall–Kier alpha value is -1.08. The molecule has 2 fully saturated rings. The molecule has 1 N–H and O–H groups in total. The van der Waals surface area contributed by atoms with Gasteiger partial charge < -0.3 is 10.1 Å². The highest BCUT2D eigenvalue weighted by molar-refractivity contribution is 5.77. The van der Waals surface area contributed by atoms with E-state index in [1.807, 2.05) is 0 Å². The van der Waals surface area contributed by atoms with E-state index in [9.17, 15) is 10.1 Å². The number of nitrogens with zero attached hydrogens (tertiary/aromatic N) is 1. The van der Waals surface area contributed by atoms with Crippen molar-refractivity contribution in [1.82, 2.24) is 5.32 Å². The van der Waals surface area contributed by atoms with Gasteiger partial charge in [0.2, 0.25) is 5.91 Å². The van der Waals surface area contributed by atoms with Crippen molar-refractivity contribution in [2.75, 3.05) is 6.61 Å². The van der Waals surface area contributed by atoms with Crippen LogP contribution >= 0.6 is 0 Å². The lowest BCUT2D eigenvalue weighted by Crippen LogP contribution is -2.48. The summed E-state index contributed by atoms with van der Waals surface area (Å²) < 4.78 is 5.48. The average molecular weight is 264 g/mol. The SMILES string of the molecule is N#CC1(NC(=O)CC2CCCO2)CCCCCCC1. The maximum Gasteiger partial charge on any atom is 0.223 e. The van der Waals surface area contributed by atoms with Crippen molar-refractivity contribution in [1.29, 1.82) is 5.26 Å². The van der Waals surface area contributed by atoms with Gasteiger partial charge in [-0.05, 0) is 25.7 Å². The molecule has 19 heavy (non-hydrogen) atoms. The number of hydrogen-bond acceptors (Lipinski definition) is 3. The molecule has 4 heteroatoms. The summed E-state index contributed by atoms with van der Waals surface area (Å²) in [5.41, 5.74) is -0.629. The summed E-state index contributed by atoms with van der Waals surface area (Å²) in [4.78, 5) is 12.1. The number of carbonyl (C=O) groups excluding carboxylic acids is 1. The van der Waals surface area contributed by atoms with E-state index in [2.05, 4.69) is 11.4 Å². The number of nitriles is 1. The lowest BCUT2D eigenvalue weighted by Gasteiger charge is -2.30. The van der Waals surface area contributed by atoms with E-state index in [0.29, 0.717) is 6.42 Å². The molecule has 1 saturated heterocycles. The molecular weight excluding hydrogens is 240 g/mol. The summed E-state index contributed by atoms with van der Waals surface area (Å²) in [6.45, 7) is 0.765. The van der Waals surface area contributed by atoms with Crippen LogP contribution in [-0.4, -0.2) is 24.2 Å². The summed E-state index contributed by atoms with van der Waals surface area (Å²) in [7, 11) is 0. The maximum atomic E-state index is 12.1. The maximum absolute atomic E-state index is 12.1. The van der Waals surface area contributed by atoms with E-state index in [-0.39, 0.29) is 12.0 Å². The number of hydrogen-bond donors (Lipinski definition) is 1. The molecule has 1 saturated carbocycles. The van der Waals surface area contributed by atoms with Crippen LogP contribution in [-0.2, 0) is 9.53 Å². The largest absolute Gasteiger partial charge is 0.378 e. The van der Waals surface area contributed by atoms with Crippen LogP contribution in [0.15, 0.2) is 0 Å². The van der Waals surface area contributed by atoms with Crippen molar-refractivity contribution < 1.29 is 9.53 Å². The number of carbonyl (C=O) groups is 1. The van der Waals surface area contributed by atoms with Gasteiger partial charge >= 0.3 is 0 Å². The number of nitrogens with one attached hydrogen (secondary N) is 1. The fourth-order valence-electron chi connectivity index (χ4n) is 3.10. The lowest BCUT2D eigenvalue weighted by atomic mass is 9.85. The molecule has 4 nitrogen and oxygen atoms in total.